The molecule has 0 bridgehead atoms. The van der Waals surface area contributed by atoms with Crippen molar-refractivity contribution in [2.45, 2.75) is 47.5 Å². The lowest BCUT2D eigenvalue weighted by atomic mass is 9.84. The van der Waals surface area contributed by atoms with Gasteiger partial charge in [-0.1, -0.05) is 97.1 Å². The molecular weight excluding hydrogens is 649 g/mol. The van der Waals surface area contributed by atoms with Crippen LogP contribution in [0.4, 0.5) is 0 Å². The Labute approximate surface area is 283 Å². The van der Waals surface area contributed by atoms with Gasteiger partial charge in [-0.05, 0) is 46.5 Å². The van der Waals surface area contributed by atoms with Gasteiger partial charge in [0.15, 0.2) is 6.29 Å². The van der Waals surface area contributed by atoms with Crippen LogP contribution in [0, 0.1) is 0 Å². The van der Waals surface area contributed by atoms with E-state index in [2.05, 4.69) is 9.71 Å². The van der Waals surface area contributed by atoms with Crippen LogP contribution in [0.5, 0.6) is 0 Å². The van der Waals surface area contributed by atoms with Crippen LogP contribution in [0.3, 0.4) is 0 Å². The Hall–Kier alpha value is -4.36. The van der Waals surface area contributed by atoms with E-state index in [-0.39, 0.29) is 29.5 Å². The SMILES string of the molecule is O=C(O)c1cccnc1SCC1OC(c2ccc(CNS(=O)(=O)c3ccccc3)cc2)OC(c2ccc(CO)cc2)C1c1ccccc1. The number of benzene rings is 4. The van der Waals surface area contributed by atoms with E-state index in [9.17, 15) is 23.4 Å². The third-order valence-corrected chi connectivity index (χ3v) is 10.6. The number of aromatic nitrogens is 1. The number of hydrogen-bond donors (Lipinski definition) is 3. The summed E-state index contributed by atoms with van der Waals surface area (Å²) in [4.78, 5) is 16.5. The standard InChI is InChI=1S/C37H34N2O7S2/c40-23-26-15-17-28(18-16-26)34-33(27-8-3-1-4-9-27)32(24-47-35-31(36(41)42)12-7-21-38-35)45-37(46-34)29-19-13-25(14-20-29)22-39-48(43,44)30-10-5-2-6-11-30/h1-21,32-34,37,39-40H,22-24H2,(H,41,42). The maximum absolute atomic E-state index is 12.7. The number of nitrogens with one attached hydrogen (secondary N) is 1. The zero-order valence-corrected chi connectivity index (χ0v) is 27.4. The number of nitrogens with zero attached hydrogens (tertiary/aromatic N) is 1. The van der Waals surface area contributed by atoms with E-state index < -0.39 is 34.5 Å². The molecule has 1 aliphatic heterocycles. The van der Waals surface area contributed by atoms with Crippen molar-refractivity contribution in [1.82, 2.24) is 9.71 Å². The predicted octanol–water partition coefficient (Wildman–Crippen LogP) is 6.48. The summed E-state index contributed by atoms with van der Waals surface area (Å²) in [6.45, 7) is 0.0256. The molecular formula is C37H34N2O7S2. The summed E-state index contributed by atoms with van der Waals surface area (Å²) >= 11 is 1.32. The number of hydrogen-bond acceptors (Lipinski definition) is 8. The quantitative estimate of drug-likeness (QED) is 0.126. The Morgan fingerprint density at radius 3 is 2.08 bits per heavy atom. The molecule has 5 aromatic rings. The fourth-order valence-corrected chi connectivity index (χ4v) is 7.73. The maximum Gasteiger partial charge on any atom is 0.338 e. The topological polar surface area (TPSA) is 135 Å². The van der Waals surface area contributed by atoms with Crippen molar-refractivity contribution in [2.24, 2.45) is 0 Å². The molecule has 1 aliphatic rings. The molecule has 4 unspecified atom stereocenters. The Kier molecular flexibility index (Phi) is 10.7. The average Bonchev–Trinajstić information content (AvgIpc) is 3.14. The summed E-state index contributed by atoms with van der Waals surface area (Å²) in [5.74, 6) is -0.927. The Morgan fingerprint density at radius 1 is 0.771 bits per heavy atom. The summed E-state index contributed by atoms with van der Waals surface area (Å²) in [6, 6.07) is 36.3. The van der Waals surface area contributed by atoms with Gasteiger partial charge in [-0.15, -0.1) is 11.8 Å². The normalized spacial score (nSPS) is 19.5. The Morgan fingerprint density at radius 2 is 1.42 bits per heavy atom. The molecule has 4 atom stereocenters. The maximum atomic E-state index is 12.7. The van der Waals surface area contributed by atoms with E-state index in [1.54, 1.807) is 42.6 Å². The van der Waals surface area contributed by atoms with Crippen molar-refractivity contribution in [3.05, 3.63) is 161 Å². The van der Waals surface area contributed by atoms with Crippen LogP contribution >= 0.6 is 11.8 Å². The summed E-state index contributed by atoms with van der Waals surface area (Å²) in [5.41, 5.74) is 4.30. The van der Waals surface area contributed by atoms with E-state index in [1.807, 2.05) is 78.9 Å². The monoisotopic (exact) mass is 682 g/mol. The summed E-state index contributed by atoms with van der Waals surface area (Å²) < 4.78 is 41.6. The van der Waals surface area contributed by atoms with Gasteiger partial charge >= 0.3 is 5.97 Å². The highest BCUT2D eigenvalue weighted by atomic mass is 32.2. The second kappa shape index (κ2) is 15.2. The number of aromatic carboxylic acids is 1. The molecule has 0 radical (unpaired) electrons. The molecule has 246 valence electrons. The lowest BCUT2D eigenvalue weighted by Crippen LogP contribution is -2.38. The first-order valence-electron chi connectivity index (χ1n) is 15.3. The number of carboxylic acid groups (broad SMARTS) is 1. The average molecular weight is 683 g/mol. The smallest absolute Gasteiger partial charge is 0.338 e. The number of pyridine rings is 1. The van der Waals surface area contributed by atoms with Gasteiger partial charge in [-0.2, -0.15) is 0 Å². The second-order valence-corrected chi connectivity index (χ2v) is 14.0. The molecule has 1 saturated heterocycles. The van der Waals surface area contributed by atoms with E-state index in [0.717, 1.165) is 27.8 Å². The van der Waals surface area contributed by atoms with Crippen LogP contribution in [0.2, 0.25) is 0 Å². The number of aliphatic hydroxyl groups is 1. The summed E-state index contributed by atoms with van der Waals surface area (Å²) in [7, 11) is -3.67. The van der Waals surface area contributed by atoms with Gasteiger partial charge in [-0.25, -0.2) is 22.9 Å². The molecule has 0 saturated carbocycles. The first-order valence-corrected chi connectivity index (χ1v) is 17.8. The molecule has 11 heteroatoms. The molecule has 1 aromatic heterocycles. The predicted molar refractivity (Wildman–Crippen MR) is 182 cm³/mol. The molecule has 2 heterocycles. The molecule has 0 amide bonds. The van der Waals surface area contributed by atoms with Crippen LogP contribution in [-0.2, 0) is 32.6 Å². The van der Waals surface area contributed by atoms with Gasteiger partial charge in [-0.3, -0.25) is 0 Å². The third kappa shape index (κ3) is 7.84. The third-order valence-electron chi connectivity index (χ3n) is 8.13. The largest absolute Gasteiger partial charge is 0.478 e. The number of carbonyl (C=O) groups is 1. The fourth-order valence-electron chi connectivity index (χ4n) is 5.64. The van der Waals surface area contributed by atoms with Crippen LogP contribution in [0.25, 0.3) is 0 Å². The zero-order chi connectivity index (χ0) is 33.5. The fraction of sp³-hybridized carbons (Fsp3) is 0.189. The number of sulfonamides is 1. The number of thioether (sulfide) groups is 1. The molecule has 0 spiro atoms. The van der Waals surface area contributed by atoms with Gasteiger partial charge in [0, 0.05) is 30.0 Å². The first kappa shape index (κ1) is 33.5. The highest BCUT2D eigenvalue weighted by Crippen LogP contribution is 2.48. The van der Waals surface area contributed by atoms with Gasteiger partial charge in [0.2, 0.25) is 10.0 Å². The molecule has 48 heavy (non-hydrogen) atoms. The van der Waals surface area contributed by atoms with Gasteiger partial charge in [0.1, 0.15) is 5.03 Å². The lowest BCUT2D eigenvalue weighted by molar-refractivity contribution is -0.255. The van der Waals surface area contributed by atoms with E-state index in [0.29, 0.717) is 10.8 Å². The van der Waals surface area contributed by atoms with E-state index >= 15 is 0 Å². The molecule has 4 aromatic carbocycles. The molecule has 1 fully saturated rings. The Bertz CT molecular complexity index is 1930. The molecule has 9 nitrogen and oxygen atoms in total. The van der Waals surface area contributed by atoms with Crippen molar-refractivity contribution in [3.8, 4) is 0 Å². The summed E-state index contributed by atoms with van der Waals surface area (Å²) in [5, 5.41) is 19.8. The van der Waals surface area contributed by atoms with E-state index in [4.69, 9.17) is 9.47 Å². The highest BCUT2D eigenvalue weighted by molar-refractivity contribution is 7.99. The van der Waals surface area contributed by atoms with Gasteiger partial charge in [0.25, 0.3) is 0 Å². The lowest BCUT2D eigenvalue weighted by Gasteiger charge is -2.43. The highest BCUT2D eigenvalue weighted by Gasteiger charge is 2.42. The molecule has 0 aliphatic carbocycles. The van der Waals surface area contributed by atoms with Crippen LogP contribution < -0.4 is 4.72 Å². The van der Waals surface area contributed by atoms with Crippen molar-refractivity contribution >= 4 is 27.8 Å². The molecule has 6 rings (SSSR count). The number of rotatable bonds is 12. The zero-order valence-electron chi connectivity index (χ0n) is 25.8. The second-order valence-electron chi connectivity index (χ2n) is 11.3. The molecule has 3 N–H and O–H groups in total. The number of aliphatic hydroxyl groups excluding tert-OH is 1. The minimum atomic E-state index is -3.67. The van der Waals surface area contributed by atoms with Crippen molar-refractivity contribution in [1.29, 1.82) is 0 Å². The van der Waals surface area contributed by atoms with Crippen LogP contribution in [0.1, 0.15) is 56.5 Å². The minimum Gasteiger partial charge on any atom is -0.478 e. The number of carboxylic acids is 1. The van der Waals surface area contributed by atoms with Crippen molar-refractivity contribution in [3.63, 3.8) is 0 Å². The Balaban J connectivity index is 1.30. The van der Waals surface area contributed by atoms with Crippen molar-refractivity contribution in [2.75, 3.05) is 5.75 Å². The minimum absolute atomic E-state index is 0.0806. The van der Waals surface area contributed by atoms with Crippen LogP contribution in [-0.4, -0.2) is 41.4 Å². The summed E-state index contributed by atoms with van der Waals surface area (Å²) in [6.07, 6.45) is -0.0931. The number of ether oxygens (including phenoxy) is 2. The van der Waals surface area contributed by atoms with Crippen LogP contribution in [0.15, 0.2) is 137 Å². The van der Waals surface area contributed by atoms with E-state index in [1.165, 1.54) is 17.8 Å². The van der Waals surface area contributed by atoms with Gasteiger partial charge in [0.05, 0.1) is 29.3 Å². The van der Waals surface area contributed by atoms with Gasteiger partial charge < -0.3 is 19.7 Å². The first-order chi connectivity index (χ1) is 23.3. The van der Waals surface area contributed by atoms with Crippen molar-refractivity contribution < 1.29 is 32.9 Å².